The third kappa shape index (κ3) is 1.51. The Bertz CT molecular complexity index is 544. The maximum atomic E-state index is 10.3. The van der Waals surface area contributed by atoms with Crippen molar-refractivity contribution in [3.05, 3.63) is 41.5 Å². The highest BCUT2D eigenvalue weighted by atomic mass is 16.3. The molecule has 0 aromatic heterocycles. The van der Waals surface area contributed by atoms with E-state index in [2.05, 4.69) is 37.3 Å². The summed E-state index contributed by atoms with van der Waals surface area (Å²) >= 11 is 0. The van der Waals surface area contributed by atoms with Crippen molar-refractivity contribution in [3.63, 3.8) is 0 Å². The third-order valence-corrected chi connectivity index (χ3v) is 6.06. The molecule has 1 N–H and O–H groups in total. The van der Waals surface area contributed by atoms with Crippen molar-refractivity contribution < 1.29 is 5.11 Å². The van der Waals surface area contributed by atoms with E-state index in [4.69, 9.17) is 0 Å². The lowest BCUT2D eigenvalue weighted by atomic mass is 9.60. The van der Waals surface area contributed by atoms with Crippen LogP contribution in [0.25, 0.3) is 5.57 Å². The molecule has 0 bridgehead atoms. The van der Waals surface area contributed by atoms with E-state index in [0.717, 1.165) is 12.8 Å². The Morgan fingerprint density at radius 3 is 2.89 bits per heavy atom. The van der Waals surface area contributed by atoms with E-state index in [1.165, 1.54) is 30.4 Å². The van der Waals surface area contributed by atoms with Crippen LogP contribution in [0.1, 0.15) is 43.7 Å². The molecular formula is C18H22O. The maximum absolute atomic E-state index is 10.3. The summed E-state index contributed by atoms with van der Waals surface area (Å²) in [6.45, 7) is 2.31. The highest BCUT2D eigenvalue weighted by Crippen LogP contribution is 2.58. The zero-order chi connectivity index (χ0) is 13.0. The van der Waals surface area contributed by atoms with Gasteiger partial charge < -0.3 is 5.11 Å². The standard InChI is InChI=1S/C18H22O/c1-18-11-10-14-13-5-3-2-4-12(13)6-7-15(14)16(18)8-9-17(18)19/h2-5,10,15-17,19H,6-9,11H2,1H3/t15?,16-,17?,18-/m0/s1. The van der Waals surface area contributed by atoms with Gasteiger partial charge in [-0.25, -0.2) is 0 Å². The van der Waals surface area contributed by atoms with Gasteiger partial charge in [0.1, 0.15) is 0 Å². The van der Waals surface area contributed by atoms with Gasteiger partial charge in [-0.15, -0.1) is 0 Å². The zero-order valence-electron chi connectivity index (χ0n) is 11.6. The first-order valence-corrected chi connectivity index (χ1v) is 7.66. The summed E-state index contributed by atoms with van der Waals surface area (Å²) < 4.78 is 0. The molecule has 1 fully saturated rings. The summed E-state index contributed by atoms with van der Waals surface area (Å²) in [5, 5.41) is 10.3. The minimum atomic E-state index is -0.0903. The van der Waals surface area contributed by atoms with E-state index < -0.39 is 0 Å². The van der Waals surface area contributed by atoms with Gasteiger partial charge in [0, 0.05) is 5.41 Å². The number of aliphatic hydroxyl groups is 1. The largest absolute Gasteiger partial charge is 0.393 e. The average Bonchev–Trinajstić information content (AvgIpc) is 2.75. The lowest BCUT2D eigenvalue weighted by Gasteiger charge is -2.45. The Balaban J connectivity index is 1.80. The summed E-state index contributed by atoms with van der Waals surface area (Å²) in [6.07, 6.45) is 8.10. The first-order valence-electron chi connectivity index (χ1n) is 7.66. The van der Waals surface area contributed by atoms with Crippen molar-refractivity contribution in [3.8, 4) is 0 Å². The van der Waals surface area contributed by atoms with Crippen LogP contribution in [0.4, 0.5) is 0 Å². The van der Waals surface area contributed by atoms with Crippen LogP contribution in [0.2, 0.25) is 0 Å². The average molecular weight is 254 g/mol. The van der Waals surface area contributed by atoms with Gasteiger partial charge in [0.25, 0.3) is 0 Å². The van der Waals surface area contributed by atoms with Crippen LogP contribution in [0.5, 0.6) is 0 Å². The highest BCUT2D eigenvalue weighted by Gasteiger charge is 2.51. The molecule has 2 unspecified atom stereocenters. The molecule has 0 aliphatic heterocycles. The second-order valence-corrected chi connectivity index (χ2v) is 6.87. The number of aliphatic hydroxyl groups excluding tert-OH is 1. The van der Waals surface area contributed by atoms with Crippen LogP contribution < -0.4 is 0 Å². The quantitative estimate of drug-likeness (QED) is 0.746. The van der Waals surface area contributed by atoms with Crippen molar-refractivity contribution in [1.82, 2.24) is 0 Å². The number of hydrogen-bond acceptors (Lipinski definition) is 1. The third-order valence-electron chi connectivity index (χ3n) is 6.06. The fourth-order valence-corrected chi connectivity index (χ4v) is 4.89. The molecule has 3 aliphatic rings. The van der Waals surface area contributed by atoms with Crippen molar-refractivity contribution in [2.45, 2.75) is 45.1 Å². The molecule has 1 aromatic rings. The molecule has 4 atom stereocenters. The van der Waals surface area contributed by atoms with Gasteiger partial charge in [-0.1, -0.05) is 37.3 Å². The molecule has 1 nitrogen and oxygen atoms in total. The molecule has 0 radical (unpaired) electrons. The summed E-state index contributed by atoms with van der Waals surface area (Å²) in [5.41, 5.74) is 4.73. The fraction of sp³-hybridized carbons (Fsp3) is 0.556. The molecule has 0 spiro atoms. The van der Waals surface area contributed by atoms with Crippen molar-refractivity contribution in [2.75, 3.05) is 0 Å². The first kappa shape index (κ1) is 11.7. The molecule has 0 amide bonds. The van der Waals surface area contributed by atoms with Gasteiger partial charge in [-0.2, -0.15) is 0 Å². The summed E-state index contributed by atoms with van der Waals surface area (Å²) in [7, 11) is 0. The number of allylic oxidation sites excluding steroid dienone is 2. The van der Waals surface area contributed by atoms with Crippen LogP contribution in [-0.2, 0) is 6.42 Å². The number of rotatable bonds is 0. The number of hydrogen-bond donors (Lipinski definition) is 1. The maximum Gasteiger partial charge on any atom is 0.0599 e. The van der Waals surface area contributed by atoms with E-state index in [1.807, 2.05) is 0 Å². The molecule has 19 heavy (non-hydrogen) atoms. The van der Waals surface area contributed by atoms with Gasteiger partial charge in [0.2, 0.25) is 0 Å². The van der Waals surface area contributed by atoms with E-state index >= 15 is 0 Å². The lowest BCUT2D eigenvalue weighted by Crippen LogP contribution is -2.39. The van der Waals surface area contributed by atoms with Gasteiger partial charge in [-0.05, 0) is 60.6 Å². The second kappa shape index (κ2) is 3.96. The van der Waals surface area contributed by atoms with Gasteiger partial charge >= 0.3 is 0 Å². The van der Waals surface area contributed by atoms with Crippen LogP contribution in [-0.4, -0.2) is 11.2 Å². The second-order valence-electron chi connectivity index (χ2n) is 6.87. The van der Waals surface area contributed by atoms with E-state index in [-0.39, 0.29) is 11.5 Å². The topological polar surface area (TPSA) is 20.2 Å². The predicted octanol–water partition coefficient (Wildman–Crippen LogP) is 3.81. The van der Waals surface area contributed by atoms with E-state index in [9.17, 15) is 5.11 Å². The molecule has 1 heteroatoms. The molecular weight excluding hydrogens is 232 g/mol. The fourth-order valence-electron chi connectivity index (χ4n) is 4.89. The Morgan fingerprint density at radius 2 is 2.00 bits per heavy atom. The summed E-state index contributed by atoms with van der Waals surface area (Å²) in [5.74, 6) is 1.38. The summed E-state index contributed by atoms with van der Waals surface area (Å²) in [6, 6.07) is 8.90. The molecule has 0 saturated heterocycles. The van der Waals surface area contributed by atoms with Gasteiger partial charge in [0.15, 0.2) is 0 Å². The summed E-state index contributed by atoms with van der Waals surface area (Å²) in [4.78, 5) is 0. The molecule has 100 valence electrons. The number of aryl methyl sites for hydroxylation is 1. The number of benzene rings is 1. The van der Waals surface area contributed by atoms with Crippen LogP contribution in [0.3, 0.4) is 0 Å². The Hall–Kier alpha value is -1.08. The monoisotopic (exact) mass is 254 g/mol. The SMILES string of the molecule is C[C@]12CC=C3c4ccccc4CCC3[C@@H]1CCC2O. The Kier molecular flexibility index (Phi) is 2.44. The predicted molar refractivity (Wildman–Crippen MR) is 77.7 cm³/mol. The molecule has 3 aliphatic carbocycles. The van der Waals surface area contributed by atoms with E-state index in [0.29, 0.717) is 11.8 Å². The van der Waals surface area contributed by atoms with Crippen molar-refractivity contribution >= 4 is 5.57 Å². The first-order chi connectivity index (χ1) is 9.20. The molecule has 4 rings (SSSR count). The smallest absolute Gasteiger partial charge is 0.0599 e. The van der Waals surface area contributed by atoms with Gasteiger partial charge in [-0.3, -0.25) is 0 Å². The van der Waals surface area contributed by atoms with Crippen molar-refractivity contribution in [2.24, 2.45) is 17.3 Å². The lowest BCUT2D eigenvalue weighted by molar-refractivity contribution is 0.0251. The Morgan fingerprint density at radius 1 is 1.16 bits per heavy atom. The van der Waals surface area contributed by atoms with E-state index in [1.54, 1.807) is 5.57 Å². The minimum absolute atomic E-state index is 0.0903. The molecule has 0 heterocycles. The normalized spacial score (nSPS) is 40.1. The Labute approximate surface area is 115 Å². The van der Waals surface area contributed by atoms with Crippen LogP contribution in [0.15, 0.2) is 30.3 Å². The highest BCUT2D eigenvalue weighted by molar-refractivity contribution is 5.73. The minimum Gasteiger partial charge on any atom is -0.393 e. The number of fused-ring (bicyclic) bond motifs is 5. The van der Waals surface area contributed by atoms with Crippen molar-refractivity contribution in [1.29, 1.82) is 0 Å². The molecule has 1 aromatic carbocycles. The van der Waals surface area contributed by atoms with Gasteiger partial charge in [0.05, 0.1) is 6.10 Å². The van der Waals surface area contributed by atoms with Crippen LogP contribution in [0, 0.1) is 17.3 Å². The van der Waals surface area contributed by atoms with Crippen LogP contribution >= 0.6 is 0 Å². The zero-order valence-corrected chi connectivity index (χ0v) is 11.6. The molecule has 1 saturated carbocycles.